The van der Waals surface area contributed by atoms with Gasteiger partial charge in [0.15, 0.2) is 0 Å². The van der Waals surface area contributed by atoms with Crippen LogP contribution in [0.4, 0.5) is 0 Å². The molecule has 1 aliphatic rings. The van der Waals surface area contributed by atoms with Crippen molar-refractivity contribution in [1.29, 1.82) is 0 Å². The maximum Gasteiger partial charge on any atom is 0.122 e. The fourth-order valence-electron chi connectivity index (χ4n) is 2.79. The second-order valence-electron chi connectivity index (χ2n) is 5.82. The highest BCUT2D eigenvalue weighted by molar-refractivity contribution is 4.95. The summed E-state index contributed by atoms with van der Waals surface area (Å²) in [4.78, 5) is 7.47. The maximum absolute atomic E-state index is 4.30. The van der Waals surface area contributed by atoms with Gasteiger partial charge in [0.1, 0.15) is 5.82 Å². The molecule has 1 fully saturated rings. The molecule has 2 unspecified atom stereocenters. The van der Waals surface area contributed by atoms with Gasteiger partial charge in [-0.2, -0.15) is 0 Å². The summed E-state index contributed by atoms with van der Waals surface area (Å²) < 4.78 is 0. The summed E-state index contributed by atoms with van der Waals surface area (Å²) in [7, 11) is 0. The van der Waals surface area contributed by atoms with Crippen LogP contribution in [0.25, 0.3) is 0 Å². The Morgan fingerprint density at radius 2 is 2.38 bits per heavy atom. The predicted molar refractivity (Wildman–Crippen MR) is 66.2 cm³/mol. The summed E-state index contributed by atoms with van der Waals surface area (Å²) >= 11 is 0. The first-order chi connectivity index (χ1) is 7.57. The van der Waals surface area contributed by atoms with Crippen LogP contribution in [0.1, 0.15) is 58.3 Å². The Bertz CT molecular complexity index is 316. The molecule has 2 rings (SSSR count). The molecule has 1 aromatic rings. The van der Waals surface area contributed by atoms with E-state index in [2.05, 4.69) is 36.1 Å². The van der Waals surface area contributed by atoms with E-state index < -0.39 is 0 Å². The minimum absolute atomic E-state index is 0.328. The fraction of sp³-hybridized carbons (Fsp3) is 0.769. The van der Waals surface area contributed by atoms with Crippen molar-refractivity contribution in [3.05, 3.63) is 18.2 Å². The fourth-order valence-corrected chi connectivity index (χ4v) is 2.79. The van der Waals surface area contributed by atoms with Crippen molar-refractivity contribution in [3.8, 4) is 0 Å². The Morgan fingerprint density at radius 3 is 3.00 bits per heavy atom. The number of imidazole rings is 1. The van der Waals surface area contributed by atoms with Crippen molar-refractivity contribution < 1.29 is 0 Å². The van der Waals surface area contributed by atoms with E-state index in [-0.39, 0.29) is 0 Å². The lowest BCUT2D eigenvalue weighted by atomic mass is 9.75. The molecule has 3 heteroatoms. The van der Waals surface area contributed by atoms with E-state index in [0.717, 1.165) is 5.82 Å². The van der Waals surface area contributed by atoms with Crippen molar-refractivity contribution in [3.63, 3.8) is 0 Å². The summed E-state index contributed by atoms with van der Waals surface area (Å²) in [6.45, 7) is 6.93. The Hall–Kier alpha value is -0.830. The van der Waals surface area contributed by atoms with Gasteiger partial charge in [-0.25, -0.2) is 4.98 Å². The van der Waals surface area contributed by atoms with Gasteiger partial charge in [-0.05, 0) is 31.6 Å². The molecule has 2 atom stereocenters. The zero-order valence-corrected chi connectivity index (χ0v) is 10.6. The van der Waals surface area contributed by atoms with Crippen LogP contribution in [0.15, 0.2) is 12.4 Å². The van der Waals surface area contributed by atoms with Gasteiger partial charge in [-0.3, -0.25) is 0 Å². The van der Waals surface area contributed by atoms with Gasteiger partial charge in [-0.15, -0.1) is 0 Å². The number of nitrogens with zero attached hydrogens (tertiary/aromatic N) is 1. The molecule has 16 heavy (non-hydrogen) atoms. The summed E-state index contributed by atoms with van der Waals surface area (Å²) in [6.07, 6.45) is 8.99. The molecule has 0 aromatic carbocycles. The van der Waals surface area contributed by atoms with Crippen LogP contribution in [-0.2, 0) is 0 Å². The third-order valence-corrected chi connectivity index (χ3v) is 3.62. The lowest BCUT2D eigenvalue weighted by molar-refractivity contribution is 0.190. The molecular formula is C13H23N3. The van der Waals surface area contributed by atoms with E-state index in [9.17, 15) is 0 Å². The van der Waals surface area contributed by atoms with Crippen LogP contribution in [0.2, 0.25) is 0 Å². The van der Waals surface area contributed by atoms with Crippen molar-refractivity contribution in [1.82, 2.24) is 15.3 Å². The number of aromatic nitrogens is 2. The largest absolute Gasteiger partial charge is 0.347 e. The molecule has 3 nitrogen and oxygen atoms in total. The van der Waals surface area contributed by atoms with Crippen LogP contribution in [0.5, 0.6) is 0 Å². The molecule has 0 bridgehead atoms. The first kappa shape index (κ1) is 11.6. The highest BCUT2D eigenvalue weighted by Crippen LogP contribution is 2.35. The zero-order chi connectivity index (χ0) is 11.6. The number of hydrogen-bond donors (Lipinski definition) is 2. The molecule has 2 N–H and O–H groups in total. The van der Waals surface area contributed by atoms with Gasteiger partial charge in [0.05, 0.1) is 6.04 Å². The lowest BCUT2D eigenvalue weighted by Gasteiger charge is -2.36. The topological polar surface area (TPSA) is 40.7 Å². The molecular weight excluding hydrogens is 198 g/mol. The zero-order valence-electron chi connectivity index (χ0n) is 10.6. The van der Waals surface area contributed by atoms with Gasteiger partial charge < -0.3 is 10.3 Å². The number of hydrogen-bond acceptors (Lipinski definition) is 2. The molecule has 0 spiro atoms. The average molecular weight is 221 g/mol. The number of aromatic amines is 1. The molecule has 0 amide bonds. The summed E-state index contributed by atoms with van der Waals surface area (Å²) in [6, 6.07) is 0.970. The van der Waals surface area contributed by atoms with E-state index in [1.165, 1.54) is 25.7 Å². The summed E-state index contributed by atoms with van der Waals surface area (Å²) in [5.74, 6) is 1.04. The normalized spacial score (nSPS) is 26.6. The van der Waals surface area contributed by atoms with Crippen molar-refractivity contribution in [2.24, 2.45) is 5.41 Å². The van der Waals surface area contributed by atoms with Gasteiger partial charge >= 0.3 is 0 Å². The highest BCUT2D eigenvalue weighted by Gasteiger charge is 2.28. The van der Waals surface area contributed by atoms with Gasteiger partial charge in [-0.1, -0.05) is 20.3 Å². The summed E-state index contributed by atoms with van der Waals surface area (Å²) in [5.41, 5.74) is 0.499. The highest BCUT2D eigenvalue weighted by atomic mass is 15.0. The van der Waals surface area contributed by atoms with Gasteiger partial charge in [0.25, 0.3) is 0 Å². The SMILES string of the molecule is CC(NC1CCCC(C)(C)C1)c1ncc[nH]1. The molecule has 90 valence electrons. The van der Waals surface area contributed by atoms with Crippen LogP contribution in [0, 0.1) is 5.41 Å². The van der Waals surface area contributed by atoms with Crippen molar-refractivity contribution in [2.75, 3.05) is 0 Å². The van der Waals surface area contributed by atoms with Crippen LogP contribution < -0.4 is 5.32 Å². The smallest absolute Gasteiger partial charge is 0.122 e. The lowest BCUT2D eigenvalue weighted by Crippen LogP contribution is -2.38. The Kier molecular flexibility index (Phi) is 3.33. The minimum atomic E-state index is 0.328. The molecule has 0 radical (unpaired) electrons. The standard InChI is InChI=1S/C13H23N3/c1-10(12-14-7-8-15-12)16-11-5-4-6-13(2,3)9-11/h7-8,10-11,16H,4-6,9H2,1-3H3,(H,14,15). The number of nitrogens with one attached hydrogen (secondary N) is 2. The van der Waals surface area contributed by atoms with Gasteiger partial charge in [0.2, 0.25) is 0 Å². The maximum atomic E-state index is 4.30. The van der Waals surface area contributed by atoms with E-state index in [1.54, 1.807) is 0 Å². The molecule has 1 aliphatic carbocycles. The second kappa shape index (κ2) is 4.58. The van der Waals surface area contributed by atoms with Crippen molar-refractivity contribution >= 4 is 0 Å². The predicted octanol–water partition coefficient (Wildman–Crippen LogP) is 3.03. The van der Waals surface area contributed by atoms with Crippen molar-refractivity contribution in [2.45, 2.75) is 58.5 Å². The molecule has 1 saturated carbocycles. The quantitative estimate of drug-likeness (QED) is 0.823. The second-order valence-corrected chi connectivity index (χ2v) is 5.82. The van der Waals surface area contributed by atoms with Crippen LogP contribution in [0.3, 0.4) is 0 Å². The third-order valence-electron chi connectivity index (χ3n) is 3.62. The first-order valence-electron chi connectivity index (χ1n) is 6.32. The van der Waals surface area contributed by atoms with E-state index in [4.69, 9.17) is 0 Å². The van der Waals surface area contributed by atoms with E-state index in [0.29, 0.717) is 17.5 Å². The number of rotatable bonds is 3. The van der Waals surface area contributed by atoms with E-state index >= 15 is 0 Å². The van der Waals surface area contributed by atoms with Crippen LogP contribution in [-0.4, -0.2) is 16.0 Å². The average Bonchev–Trinajstić information content (AvgIpc) is 2.68. The summed E-state index contributed by atoms with van der Waals surface area (Å²) in [5, 5.41) is 3.68. The third kappa shape index (κ3) is 2.85. The molecule has 0 aliphatic heterocycles. The first-order valence-corrected chi connectivity index (χ1v) is 6.32. The van der Waals surface area contributed by atoms with Crippen LogP contribution >= 0.6 is 0 Å². The minimum Gasteiger partial charge on any atom is -0.347 e. The molecule has 1 heterocycles. The Morgan fingerprint density at radius 1 is 1.56 bits per heavy atom. The Balaban J connectivity index is 1.90. The molecule has 1 aromatic heterocycles. The van der Waals surface area contributed by atoms with E-state index in [1.807, 2.05) is 12.4 Å². The number of H-pyrrole nitrogens is 1. The van der Waals surface area contributed by atoms with Gasteiger partial charge in [0, 0.05) is 18.4 Å². The Labute approximate surface area is 98.1 Å². The monoisotopic (exact) mass is 221 g/mol. The molecule has 0 saturated heterocycles.